The number of unbranched alkanes of at least 4 members (excludes halogenated alkanes) is 1. The third kappa shape index (κ3) is 202. The molecule has 5 heteroatoms. The van der Waals surface area contributed by atoms with Crippen LogP contribution in [0.15, 0.2) is 0 Å². The Hall–Kier alpha value is -0.320. The highest BCUT2D eigenvalue weighted by Crippen LogP contribution is 1.78. The molecule has 4 N–H and O–H groups in total. The van der Waals surface area contributed by atoms with Gasteiger partial charge in [0.2, 0.25) is 0 Å². The van der Waals surface area contributed by atoms with Crippen LogP contribution in [0, 0.1) is 0 Å². The number of halogens is 1. The molecule has 0 aliphatic rings. The van der Waals surface area contributed by atoms with Gasteiger partial charge in [-0.1, -0.05) is 13.3 Å². The Bertz CT molecular complexity index is 61.6. The van der Waals surface area contributed by atoms with Crippen LogP contribution in [0.25, 0.3) is 0 Å². The first-order valence-electron chi connectivity index (χ1n) is 2.95. The normalized spacial score (nSPS) is 6.09. The molecule has 0 radical (unpaired) electrons. The van der Waals surface area contributed by atoms with Gasteiger partial charge >= 0.3 is 0 Å². The van der Waals surface area contributed by atoms with Crippen LogP contribution in [0.4, 0.5) is 0 Å². The summed E-state index contributed by atoms with van der Waals surface area (Å²) in [6.07, 6.45) is 2.04. The van der Waals surface area contributed by atoms with E-state index in [0.717, 1.165) is 19.8 Å². The monoisotopic (exact) mass is 188 g/mol. The minimum Gasteiger partial charge on any atom is -0.481 e. The Morgan fingerprint density at radius 3 is 1.73 bits per heavy atom. The number of aliphatic hydroxyl groups excluding tert-OH is 1. The molecule has 0 heterocycles. The van der Waals surface area contributed by atoms with Crippen molar-refractivity contribution in [3.63, 3.8) is 0 Å². The van der Waals surface area contributed by atoms with E-state index in [0.29, 0.717) is 6.61 Å². The van der Waals surface area contributed by atoms with E-state index in [1.54, 1.807) is 0 Å². The number of carboxylic acid groups (broad SMARTS) is 1. The van der Waals surface area contributed by atoms with Crippen LogP contribution in [0.3, 0.4) is 0 Å². The maximum Gasteiger partial charge on any atom is 0.300 e. The molecule has 11 heavy (non-hydrogen) atoms. The number of hydrogen-bond acceptors (Lipinski definition) is 2. The Kier molecular flexibility index (Phi) is 46.1. The van der Waals surface area contributed by atoms with E-state index in [4.69, 9.17) is 15.0 Å². The Balaban J connectivity index is -0.0000000383. The van der Waals surface area contributed by atoms with E-state index in [1.165, 1.54) is 0 Å². The molecule has 0 unspecified atom stereocenters. The van der Waals surface area contributed by atoms with Crippen molar-refractivity contribution in [1.29, 1.82) is 0 Å². The molecule has 0 aliphatic heterocycles. The van der Waals surface area contributed by atoms with Gasteiger partial charge in [0.05, 0.1) is 0 Å². The van der Waals surface area contributed by atoms with Gasteiger partial charge in [0.25, 0.3) is 5.97 Å². The lowest BCUT2D eigenvalue weighted by Gasteiger charge is -1.79. The van der Waals surface area contributed by atoms with Gasteiger partial charge in [0.15, 0.2) is 0 Å². The lowest BCUT2D eigenvalue weighted by molar-refractivity contribution is -0.134. The summed E-state index contributed by atoms with van der Waals surface area (Å²) in [6.45, 7) is 3.48. The van der Waals surface area contributed by atoms with Crippen LogP contribution in [0.1, 0.15) is 26.7 Å². The lowest BCUT2D eigenvalue weighted by atomic mass is 10.4. The number of rotatable bonds is 2. The maximum absolute atomic E-state index is 9.00. The fourth-order valence-corrected chi connectivity index (χ4v) is 0.158. The van der Waals surface area contributed by atoms with Gasteiger partial charge in [-0.05, 0) is 6.42 Å². The van der Waals surface area contributed by atoms with Crippen LogP contribution in [-0.4, -0.2) is 28.3 Å². The largest absolute Gasteiger partial charge is 0.481 e. The van der Waals surface area contributed by atoms with Crippen molar-refractivity contribution in [2.24, 2.45) is 0 Å². The molecule has 0 saturated carbocycles. The fourth-order valence-electron chi connectivity index (χ4n) is 0.158. The second-order valence-corrected chi connectivity index (χ2v) is 1.60. The smallest absolute Gasteiger partial charge is 0.300 e. The predicted octanol–water partition coefficient (Wildman–Crippen LogP) is 0.467. The van der Waals surface area contributed by atoms with Gasteiger partial charge in [0.1, 0.15) is 0 Å². The van der Waals surface area contributed by atoms with E-state index in [9.17, 15) is 0 Å². The molecule has 0 aliphatic carbocycles. The quantitative estimate of drug-likeness (QED) is 0.660. The lowest BCUT2D eigenvalue weighted by Crippen LogP contribution is -1.78. The second kappa shape index (κ2) is 22.6. The molecule has 0 saturated heterocycles. The van der Waals surface area contributed by atoms with Crippen molar-refractivity contribution >= 4 is 18.4 Å². The fraction of sp³-hybridized carbons (Fsp3) is 0.833. The number of carbonyl (C=O) groups is 1. The van der Waals surface area contributed by atoms with Gasteiger partial charge in [-0.25, -0.2) is 0 Å². The molecule has 0 aromatic carbocycles. The van der Waals surface area contributed by atoms with Crippen molar-refractivity contribution < 1.29 is 20.5 Å². The Labute approximate surface area is 73.0 Å². The summed E-state index contributed by atoms with van der Waals surface area (Å²) >= 11 is 0. The third-order valence-corrected chi connectivity index (χ3v) is 0.512. The van der Waals surface area contributed by atoms with Crippen LogP contribution < -0.4 is 0 Å². The molecule has 0 amide bonds. The molecule has 72 valence electrons. The molecule has 0 atom stereocenters. The van der Waals surface area contributed by atoms with Gasteiger partial charge in [-0.3, -0.25) is 4.79 Å². The average Bonchev–Trinajstić information content (AvgIpc) is 1.66. The molecule has 0 aromatic rings. The molecule has 0 bridgehead atoms. The van der Waals surface area contributed by atoms with Crippen molar-refractivity contribution in [2.75, 3.05) is 6.61 Å². The zero-order valence-electron chi connectivity index (χ0n) is 6.83. The molecular weight excluding hydrogens is 172 g/mol. The molecular formula is C6H17ClO4. The van der Waals surface area contributed by atoms with E-state index in [2.05, 4.69) is 6.92 Å². The number of aliphatic carboxylic acids is 1. The van der Waals surface area contributed by atoms with Crippen LogP contribution >= 0.6 is 12.4 Å². The van der Waals surface area contributed by atoms with Gasteiger partial charge < -0.3 is 15.7 Å². The molecule has 0 fully saturated rings. The highest BCUT2D eigenvalue weighted by Gasteiger charge is 1.69. The van der Waals surface area contributed by atoms with Gasteiger partial charge in [-0.15, -0.1) is 12.4 Å². The zero-order valence-corrected chi connectivity index (χ0v) is 7.65. The topological polar surface area (TPSA) is 89.0 Å². The summed E-state index contributed by atoms with van der Waals surface area (Å²) in [5.74, 6) is -0.833. The number of carboxylic acids is 1. The van der Waals surface area contributed by atoms with E-state index in [1.807, 2.05) is 0 Å². The Morgan fingerprint density at radius 2 is 1.73 bits per heavy atom. The van der Waals surface area contributed by atoms with E-state index >= 15 is 0 Å². The van der Waals surface area contributed by atoms with Crippen molar-refractivity contribution in [3.05, 3.63) is 0 Å². The summed E-state index contributed by atoms with van der Waals surface area (Å²) in [6, 6.07) is 0. The summed E-state index contributed by atoms with van der Waals surface area (Å²) in [5.41, 5.74) is 0. The molecule has 4 nitrogen and oxygen atoms in total. The summed E-state index contributed by atoms with van der Waals surface area (Å²) in [4.78, 5) is 9.00. The molecule has 0 aromatic heterocycles. The van der Waals surface area contributed by atoms with Crippen molar-refractivity contribution in [3.8, 4) is 0 Å². The van der Waals surface area contributed by atoms with E-state index in [-0.39, 0.29) is 17.9 Å². The number of aliphatic hydroxyl groups is 1. The second-order valence-electron chi connectivity index (χ2n) is 1.60. The third-order valence-electron chi connectivity index (χ3n) is 0.512. The average molecular weight is 189 g/mol. The minimum atomic E-state index is -0.833. The van der Waals surface area contributed by atoms with Gasteiger partial charge in [-0.2, -0.15) is 0 Å². The minimum absolute atomic E-state index is 0. The summed E-state index contributed by atoms with van der Waals surface area (Å²) in [5, 5.41) is 15.5. The first-order chi connectivity index (χ1) is 4.15. The first-order valence-corrected chi connectivity index (χ1v) is 2.95. The molecule has 0 rings (SSSR count). The zero-order chi connectivity index (χ0) is 7.70. The standard InChI is InChI=1S/C4H10O.C2H4O2.ClH.H2O/c1-2-3-4-5;1-2(3)4;;/h5H,2-4H2,1H3;1H3,(H,3,4);1H;1H2. The van der Waals surface area contributed by atoms with E-state index < -0.39 is 5.97 Å². The van der Waals surface area contributed by atoms with Crippen molar-refractivity contribution in [2.45, 2.75) is 26.7 Å². The Morgan fingerprint density at radius 1 is 1.45 bits per heavy atom. The molecule has 0 spiro atoms. The summed E-state index contributed by atoms with van der Waals surface area (Å²) < 4.78 is 0. The SMILES string of the molecule is CC(=O)O.CCCCO.Cl.O. The summed E-state index contributed by atoms with van der Waals surface area (Å²) in [7, 11) is 0. The maximum atomic E-state index is 9.00. The predicted molar refractivity (Wildman–Crippen MR) is 46.2 cm³/mol. The highest BCUT2D eigenvalue weighted by molar-refractivity contribution is 5.85. The van der Waals surface area contributed by atoms with Crippen LogP contribution in [-0.2, 0) is 4.79 Å². The highest BCUT2D eigenvalue weighted by atomic mass is 35.5. The first kappa shape index (κ1) is 22.4. The number of hydrogen-bond donors (Lipinski definition) is 2. The van der Waals surface area contributed by atoms with Gasteiger partial charge in [0, 0.05) is 13.5 Å². The van der Waals surface area contributed by atoms with Crippen LogP contribution in [0.2, 0.25) is 0 Å². The van der Waals surface area contributed by atoms with Crippen molar-refractivity contribution in [1.82, 2.24) is 0 Å². The van der Waals surface area contributed by atoms with Crippen LogP contribution in [0.5, 0.6) is 0 Å².